The molecule has 0 fully saturated rings. The molecule has 0 saturated carbocycles. The van der Waals surface area contributed by atoms with Crippen LogP contribution < -0.4 is 0 Å². The molecule has 0 bridgehead atoms. The highest BCUT2D eigenvalue weighted by molar-refractivity contribution is 5.40. The fourth-order valence-electron chi connectivity index (χ4n) is 2.55. The summed E-state index contributed by atoms with van der Waals surface area (Å²) in [6, 6.07) is 6.02. The maximum Gasteiger partial charge on any atom is 0.159 e. The van der Waals surface area contributed by atoms with Crippen LogP contribution in [0.3, 0.4) is 0 Å². The van der Waals surface area contributed by atoms with Crippen molar-refractivity contribution in [3.63, 3.8) is 0 Å². The first-order valence-corrected chi connectivity index (χ1v) is 7.09. The van der Waals surface area contributed by atoms with E-state index in [1.165, 1.54) is 18.2 Å². The summed E-state index contributed by atoms with van der Waals surface area (Å²) in [5.74, 6) is -3.46. The van der Waals surface area contributed by atoms with E-state index in [0.717, 1.165) is 12.1 Å². The summed E-state index contributed by atoms with van der Waals surface area (Å²) in [7, 11) is 0. The third-order valence-corrected chi connectivity index (χ3v) is 4.02. The molecule has 0 saturated heterocycles. The molecule has 118 valence electrons. The second-order valence-corrected chi connectivity index (χ2v) is 6.26. The van der Waals surface area contributed by atoms with E-state index in [4.69, 9.17) is 0 Å². The summed E-state index contributed by atoms with van der Waals surface area (Å²) < 4.78 is 54.8. The van der Waals surface area contributed by atoms with Crippen LogP contribution in [0.5, 0.6) is 0 Å². The first kappa shape index (κ1) is 16.5. The van der Waals surface area contributed by atoms with E-state index in [9.17, 15) is 17.6 Å². The monoisotopic (exact) mass is 310 g/mol. The zero-order chi connectivity index (χ0) is 16.7. The average molecular weight is 310 g/mol. The Morgan fingerprint density at radius 2 is 1.23 bits per heavy atom. The van der Waals surface area contributed by atoms with Crippen LogP contribution in [0, 0.1) is 23.3 Å². The van der Waals surface area contributed by atoms with Gasteiger partial charge in [-0.2, -0.15) is 0 Å². The average Bonchev–Trinajstić information content (AvgIpc) is 2.40. The Kier molecular flexibility index (Phi) is 4.32. The summed E-state index contributed by atoms with van der Waals surface area (Å²) in [5.41, 5.74) is -0.00335. The quantitative estimate of drug-likeness (QED) is 0.639. The number of hydrogen-bond acceptors (Lipinski definition) is 0. The minimum Gasteiger partial charge on any atom is -0.207 e. The van der Waals surface area contributed by atoms with Crippen molar-refractivity contribution < 1.29 is 17.6 Å². The van der Waals surface area contributed by atoms with Crippen molar-refractivity contribution in [3.8, 4) is 0 Å². The van der Waals surface area contributed by atoms with Gasteiger partial charge in [0.25, 0.3) is 0 Å². The minimum absolute atomic E-state index is 0.0323. The molecule has 0 N–H and O–H groups in total. The molecule has 0 amide bonds. The SMILES string of the molecule is CC(C)c1c(F)cc(C(C)(C)c2ccc(F)c(F)c2)cc1F. The Balaban J connectivity index is 2.56. The molecule has 0 aliphatic heterocycles. The van der Waals surface area contributed by atoms with Crippen LogP contribution in [0.15, 0.2) is 30.3 Å². The standard InChI is InChI=1S/C18H18F4/c1-10(2)17-15(21)8-12(9-16(17)22)18(3,4)11-5-6-13(19)14(20)7-11/h5-10H,1-4H3. The number of benzene rings is 2. The minimum atomic E-state index is -0.981. The molecule has 22 heavy (non-hydrogen) atoms. The van der Waals surface area contributed by atoms with Crippen LogP contribution in [-0.4, -0.2) is 0 Å². The second-order valence-electron chi connectivity index (χ2n) is 6.26. The largest absolute Gasteiger partial charge is 0.207 e. The van der Waals surface area contributed by atoms with Gasteiger partial charge in [0.2, 0.25) is 0 Å². The van der Waals surface area contributed by atoms with Gasteiger partial charge in [-0.15, -0.1) is 0 Å². The van der Waals surface area contributed by atoms with Crippen molar-refractivity contribution in [1.29, 1.82) is 0 Å². The van der Waals surface area contributed by atoms with E-state index < -0.39 is 28.7 Å². The molecule has 0 atom stereocenters. The third-order valence-electron chi connectivity index (χ3n) is 4.02. The molecule has 0 unspecified atom stereocenters. The van der Waals surface area contributed by atoms with Gasteiger partial charge >= 0.3 is 0 Å². The molecule has 2 aromatic rings. The normalized spacial score (nSPS) is 12.0. The number of hydrogen-bond donors (Lipinski definition) is 0. The first-order valence-electron chi connectivity index (χ1n) is 7.09. The van der Waals surface area contributed by atoms with Crippen LogP contribution in [-0.2, 0) is 5.41 Å². The van der Waals surface area contributed by atoms with Crippen LogP contribution in [0.1, 0.15) is 50.3 Å². The number of rotatable bonds is 3. The lowest BCUT2D eigenvalue weighted by atomic mass is 9.77. The lowest BCUT2D eigenvalue weighted by Crippen LogP contribution is -2.20. The Morgan fingerprint density at radius 3 is 1.68 bits per heavy atom. The van der Waals surface area contributed by atoms with Gasteiger partial charge in [0, 0.05) is 11.0 Å². The fourth-order valence-corrected chi connectivity index (χ4v) is 2.55. The van der Waals surface area contributed by atoms with E-state index in [1.54, 1.807) is 27.7 Å². The summed E-state index contributed by atoms with van der Waals surface area (Å²) in [6.07, 6.45) is 0. The van der Waals surface area contributed by atoms with Gasteiger partial charge in [-0.1, -0.05) is 33.8 Å². The summed E-state index contributed by atoms with van der Waals surface area (Å²) in [6.45, 7) is 6.84. The highest BCUT2D eigenvalue weighted by Crippen LogP contribution is 2.35. The van der Waals surface area contributed by atoms with Crippen LogP contribution >= 0.6 is 0 Å². The zero-order valence-electron chi connectivity index (χ0n) is 13.0. The van der Waals surface area contributed by atoms with Crippen molar-refractivity contribution in [2.75, 3.05) is 0 Å². The van der Waals surface area contributed by atoms with Crippen molar-refractivity contribution in [3.05, 3.63) is 70.3 Å². The molecular formula is C18H18F4. The van der Waals surface area contributed by atoms with Crippen molar-refractivity contribution in [2.45, 2.75) is 39.0 Å². The smallest absolute Gasteiger partial charge is 0.159 e. The maximum absolute atomic E-state index is 14.2. The van der Waals surface area contributed by atoms with Crippen LogP contribution in [0.4, 0.5) is 17.6 Å². The molecule has 0 radical (unpaired) electrons. The fraction of sp³-hybridized carbons (Fsp3) is 0.333. The van der Waals surface area contributed by atoms with E-state index in [0.29, 0.717) is 11.1 Å². The van der Waals surface area contributed by atoms with Crippen LogP contribution in [0.25, 0.3) is 0 Å². The van der Waals surface area contributed by atoms with Crippen molar-refractivity contribution >= 4 is 0 Å². The predicted octanol–water partition coefficient (Wildman–Crippen LogP) is 5.69. The lowest BCUT2D eigenvalue weighted by Gasteiger charge is -2.27. The molecule has 0 spiro atoms. The van der Waals surface area contributed by atoms with Gasteiger partial charge < -0.3 is 0 Å². The molecule has 4 heteroatoms. The van der Waals surface area contributed by atoms with Gasteiger partial charge in [0.1, 0.15) is 11.6 Å². The molecule has 0 heterocycles. The number of halogens is 4. The highest BCUT2D eigenvalue weighted by Gasteiger charge is 2.27. The van der Waals surface area contributed by atoms with E-state index in [1.807, 2.05) is 0 Å². The van der Waals surface area contributed by atoms with E-state index in [2.05, 4.69) is 0 Å². The first-order chi connectivity index (χ1) is 10.1. The van der Waals surface area contributed by atoms with Gasteiger partial charge in [-0.3, -0.25) is 0 Å². The Bertz CT molecular complexity index is 679. The maximum atomic E-state index is 14.2. The second kappa shape index (κ2) is 5.75. The molecule has 0 aliphatic carbocycles. The predicted molar refractivity (Wildman–Crippen MR) is 78.9 cm³/mol. The molecule has 0 aromatic heterocycles. The van der Waals surface area contributed by atoms with Crippen molar-refractivity contribution in [2.24, 2.45) is 0 Å². The van der Waals surface area contributed by atoms with Gasteiger partial charge in [0.05, 0.1) is 0 Å². The Labute approximate surface area is 127 Å². The molecule has 0 nitrogen and oxygen atoms in total. The summed E-state index contributed by atoms with van der Waals surface area (Å²) in [4.78, 5) is 0. The Morgan fingerprint density at radius 1 is 0.727 bits per heavy atom. The zero-order valence-corrected chi connectivity index (χ0v) is 13.0. The van der Waals surface area contributed by atoms with E-state index >= 15 is 0 Å². The van der Waals surface area contributed by atoms with Crippen molar-refractivity contribution in [1.82, 2.24) is 0 Å². The topological polar surface area (TPSA) is 0 Å². The highest BCUT2D eigenvalue weighted by atomic mass is 19.2. The van der Waals surface area contributed by atoms with Gasteiger partial charge in [-0.25, -0.2) is 17.6 Å². The Hall–Kier alpha value is -1.84. The van der Waals surface area contributed by atoms with Gasteiger partial charge in [0.15, 0.2) is 11.6 Å². The molecule has 2 rings (SSSR count). The van der Waals surface area contributed by atoms with Crippen LogP contribution in [0.2, 0.25) is 0 Å². The van der Waals surface area contributed by atoms with Gasteiger partial charge in [-0.05, 0) is 41.3 Å². The lowest BCUT2D eigenvalue weighted by molar-refractivity contribution is 0.500. The summed E-state index contributed by atoms with van der Waals surface area (Å²) >= 11 is 0. The molecule has 2 aromatic carbocycles. The molecular weight excluding hydrogens is 292 g/mol. The third kappa shape index (κ3) is 2.87. The molecule has 0 aliphatic rings. The summed E-state index contributed by atoms with van der Waals surface area (Å²) in [5, 5.41) is 0. The van der Waals surface area contributed by atoms with E-state index in [-0.39, 0.29) is 11.5 Å².